The van der Waals surface area contributed by atoms with E-state index in [1.165, 1.54) is 18.3 Å². The molecule has 140 valence electrons. The second kappa shape index (κ2) is 8.64. The van der Waals surface area contributed by atoms with Gasteiger partial charge >= 0.3 is 0 Å². The molecule has 0 aliphatic heterocycles. The molecular weight excluding hydrogens is 365 g/mol. The van der Waals surface area contributed by atoms with Gasteiger partial charge in [-0.15, -0.1) is 0 Å². The van der Waals surface area contributed by atoms with E-state index in [2.05, 4.69) is 15.0 Å². The summed E-state index contributed by atoms with van der Waals surface area (Å²) in [4.78, 5) is 4.08. The molecule has 3 rings (SSSR count). The number of hydrogen-bond donors (Lipinski definition) is 2. The Kier molecular flexibility index (Phi) is 6.03. The van der Waals surface area contributed by atoms with Gasteiger partial charge in [-0.3, -0.25) is 4.72 Å². The first kappa shape index (κ1) is 18.8. The van der Waals surface area contributed by atoms with E-state index in [0.717, 1.165) is 5.56 Å². The van der Waals surface area contributed by atoms with E-state index in [1.807, 2.05) is 30.3 Å². The summed E-state index contributed by atoms with van der Waals surface area (Å²) in [7, 11) is -3.48. The summed E-state index contributed by atoms with van der Waals surface area (Å²) in [6.07, 6.45) is 2.67. The van der Waals surface area contributed by atoms with Crippen LogP contribution in [0.15, 0.2) is 72.9 Å². The molecule has 27 heavy (non-hydrogen) atoms. The minimum Gasteiger partial charge on any atom is -0.352 e. The molecule has 0 unspecified atom stereocenters. The van der Waals surface area contributed by atoms with Crippen molar-refractivity contribution in [1.82, 2.24) is 4.98 Å². The SMILES string of the molecule is O=S(=O)(CCCc1ccccc1)Nc1ccc(Nc2ccccc2F)cn1. The number of aryl methyl sites for hydroxylation is 1. The Morgan fingerprint density at radius 2 is 1.67 bits per heavy atom. The van der Waals surface area contributed by atoms with Crippen LogP contribution in [0.4, 0.5) is 21.6 Å². The number of rotatable bonds is 8. The largest absolute Gasteiger partial charge is 0.352 e. The highest BCUT2D eigenvalue weighted by atomic mass is 32.2. The van der Waals surface area contributed by atoms with Gasteiger partial charge in [0, 0.05) is 0 Å². The minimum absolute atomic E-state index is 0.0127. The zero-order chi connectivity index (χ0) is 19.1. The van der Waals surface area contributed by atoms with Crippen LogP contribution in [0.2, 0.25) is 0 Å². The highest BCUT2D eigenvalue weighted by molar-refractivity contribution is 7.92. The van der Waals surface area contributed by atoms with Crippen LogP contribution in [-0.2, 0) is 16.4 Å². The number of hydrogen-bond acceptors (Lipinski definition) is 4. The molecule has 0 atom stereocenters. The highest BCUT2D eigenvalue weighted by Gasteiger charge is 2.11. The lowest BCUT2D eigenvalue weighted by atomic mass is 10.1. The van der Waals surface area contributed by atoms with Crippen LogP contribution >= 0.6 is 0 Å². The number of sulfonamides is 1. The molecule has 0 aliphatic rings. The molecule has 1 heterocycles. The fraction of sp³-hybridized carbons (Fsp3) is 0.150. The predicted molar refractivity (Wildman–Crippen MR) is 106 cm³/mol. The van der Waals surface area contributed by atoms with Gasteiger partial charge in [-0.1, -0.05) is 42.5 Å². The number of pyridine rings is 1. The van der Waals surface area contributed by atoms with Crippen molar-refractivity contribution in [3.63, 3.8) is 0 Å². The number of nitrogens with zero attached hydrogens (tertiary/aromatic N) is 1. The van der Waals surface area contributed by atoms with E-state index in [-0.39, 0.29) is 17.4 Å². The van der Waals surface area contributed by atoms with Gasteiger partial charge in [0.2, 0.25) is 10.0 Å². The molecule has 3 aromatic rings. The van der Waals surface area contributed by atoms with Gasteiger partial charge in [0.05, 0.1) is 23.3 Å². The predicted octanol–water partition coefficient (Wildman–Crippen LogP) is 4.34. The minimum atomic E-state index is -3.48. The Morgan fingerprint density at radius 1 is 0.926 bits per heavy atom. The van der Waals surface area contributed by atoms with Crippen molar-refractivity contribution in [2.75, 3.05) is 15.8 Å². The maximum Gasteiger partial charge on any atom is 0.233 e. The monoisotopic (exact) mass is 385 g/mol. The van der Waals surface area contributed by atoms with E-state index < -0.39 is 10.0 Å². The van der Waals surface area contributed by atoms with Crippen molar-refractivity contribution in [2.24, 2.45) is 0 Å². The van der Waals surface area contributed by atoms with E-state index in [0.29, 0.717) is 24.2 Å². The van der Waals surface area contributed by atoms with Gasteiger partial charge in [-0.25, -0.2) is 17.8 Å². The summed E-state index contributed by atoms with van der Waals surface area (Å²) < 4.78 is 40.5. The third kappa shape index (κ3) is 5.79. The highest BCUT2D eigenvalue weighted by Crippen LogP contribution is 2.20. The fourth-order valence-corrected chi connectivity index (χ4v) is 3.63. The number of nitrogens with one attached hydrogen (secondary N) is 2. The molecule has 0 bridgehead atoms. The molecule has 0 spiro atoms. The quantitative estimate of drug-likeness (QED) is 0.605. The Balaban J connectivity index is 1.54. The third-order valence-corrected chi connectivity index (χ3v) is 5.24. The second-order valence-electron chi connectivity index (χ2n) is 6.05. The topological polar surface area (TPSA) is 71.1 Å². The second-order valence-corrected chi connectivity index (χ2v) is 7.89. The van der Waals surface area contributed by atoms with Gasteiger partial charge < -0.3 is 5.32 Å². The van der Waals surface area contributed by atoms with Crippen molar-refractivity contribution < 1.29 is 12.8 Å². The van der Waals surface area contributed by atoms with Crippen LogP contribution in [0.5, 0.6) is 0 Å². The van der Waals surface area contributed by atoms with Crippen LogP contribution in [0, 0.1) is 5.82 Å². The van der Waals surface area contributed by atoms with Crippen molar-refractivity contribution in [2.45, 2.75) is 12.8 Å². The van der Waals surface area contributed by atoms with E-state index in [9.17, 15) is 12.8 Å². The maximum atomic E-state index is 13.6. The molecule has 0 aliphatic carbocycles. The Bertz CT molecular complexity index is 978. The molecule has 0 saturated carbocycles. The molecule has 2 N–H and O–H groups in total. The summed E-state index contributed by atoms with van der Waals surface area (Å²) in [5.41, 5.74) is 2.00. The van der Waals surface area contributed by atoms with E-state index >= 15 is 0 Å². The lowest BCUT2D eigenvalue weighted by Crippen LogP contribution is -2.17. The van der Waals surface area contributed by atoms with Crippen molar-refractivity contribution in [3.8, 4) is 0 Å². The first-order chi connectivity index (χ1) is 13.0. The summed E-state index contributed by atoms with van der Waals surface area (Å²) in [6, 6.07) is 19.2. The molecule has 2 aromatic carbocycles. The van der Waals surface area contributed by atoms with Crippen LogP contribution in [0.3, 0.4) is 0 Å². The molecule has 7 heteroatoms. The maximum absolute atomic E-state index is 13.6. The van der Waals surface area contributed by atoms with Gasteiger partial charge in [-0.2, -0.15) is 0 Å². The molecule has 5 nitrogen and oxygen atoms in total. The number of anilines is 3. The first-order valence-corrected chi connectivity index (χ1v) is 10.2. The lowest BCUT2D eigenvalue weighted by Gasteiger charge is -2.10. The molecule has 0 radical (unpaired) electrons. The molecule has 0 saturated heterocycles. The van der Waals surface area contributed by atoms with Crippen LogP contribution in [0.1, 0.15) is 12.0 Å². The zero-order valence-electron chi connectivity index (χ0n) is 14.6. The van der Waals surface area contributed by atoms with Crippen LogP contribution in [-0.4, -0.2) is 19.2 Å². The average Bonchev–Trinajstić information content (AvgIpc) is 2.66. The van der Waals surface area contributed by atoms with Crippen molar-refractivity contribution in [1.29, 1.82) is 0 Å². The standard InChI is InChI=1S/C20H20FN3O2S/c21-18-10-4-5-11-19(18)23-17-12-13-20(22-15-17)24-27(25,26)14-6-9-16-7-2-1-3-8-16/h1-5,7-8,10-13,15,23H,6,9,14H2,(H,22,24). The molecule has 0 fully saturated rings. The molecular formula is C20H20FN3O2S. The number of benzene rings is 2. The van der Waals surface area contributed by atoms with E-state index in [4.69, 9.17) is 0 Å². The van der Waals surface area contributed by atoms with Crippen LogP contribution < -0.4 is 10.0 Å². The number of aromatic nitrogens is 1. The lowest BCUT2D eigenvalue weighted by molar-refractivity contribution is 0.598. The number of para-hydroxylation sites is 1. The average molecular weight is 385 g/mol. The Labute approximate surface area is 158 Å². The zero-order valence-corrected chi connectivity index (χ0v) is 15.4. The Hall–Kier alpha value is -2.93. The normalized spacial score (nSPS) is 11.1. The summed E-state index contributed by atoms with van der Waals surface area (Å²) >= 11 is 0. The summed E-state index contributed by atoms with van der Waals surface area (Å²) in [5.74, 6) is -0.131. The fourth-order valence-electron chi connectivity index (χ4n) is 2.57. The van der Waals surface area contributed by atoms with Crippen molar-refractivity contribution in [3.05, 3.63) is 84.3 Å². The Morgan fingerprint density at radius 3 is 2.37 bits per heavy atom. The van der Waals surface area contributed by atoms with Gasteiger partial charge in [-0.05, 0) is 42.7 Å². The molecule has 0 amide bonds. The smallest absolute Gasteiger partial charge is 0.233 e. The summed E-state index contributed by atoms with van der Waals surface area (Å²) in [5, 5.41) is 2.90. The van der Waals surface area contributed by atoms with Crippen LogP contribution in [0.25, 0.3) is 0 Å². The van der Waals surface area contributed by atoms with Gasteiger partial charge in [0.15, 0.2) is 0 Å². The van der Waals surface area contributed by atoms with Gasteiger partial charge in [0.25, 0.3) is 0 Å². The first-order valence-electron chi connectivity index (χ1n) is 8.54. The number of halogens is 1. The summed E-state index contributed by atoms with van der Waals surface area (Å²) in [6.45, 7) is 0. The molecule has 1 aromatic heterocycles. The van der Waals surface area contributed by atoms with E-state index in [1.54, 1.807) is 24.3 Å². The third-order valence-electron chi connectivity index (χ3n) is 3.90. The van der Waals surface area contributed by atoms with Gasteiger partial charge in [0.1, 0.15) is 11.6 Å². The van der Waals surface area contributed by atoms with Crippen molar-refractivity contribution >= 4 is 27.2 Å².